The predicted octanol–water partition coefficient (Wildman–Crippen LogP) is 4.60. The van der Waals surface area contributed by atoms with Gasteiger partial charge in [0.2, 0.25) is 0 Å². The lowest BCUT2D eigenvalue weighted by Crippen LogP contribution is -2.04. The number of nitrogens with one attached hydrogen (secondary N) is 1. The van der Waals surface area contributed by atoms with Gasteiger partial charge in [-0.2, -0.15) is 0 Å². The van der Waals surface area contributed by atoms with Crippen LogP contribution in [0.5, 0.6) is 5.75 Å². The second-order valence-electron chi connectivity index (χ2n) is 6.13. The Morgan fingerprint density at radius 1 is 1.11 bits per heavy atom. The summed E-state index contributed by atoms with van der Waals surface area (Å²) in [7, 11) is -3.39. The normalized spacial score (nSPS) is 11.6. The molecule has 2 N–H and O–H groups in total. The Bertz CT molecular complexity index is 1250. The first-order valence-electron chi connectivity index (χ1n) is 8.60. The largest absolute Gasteiger partial charge is 0.506 e. The van der Waals surface area contributed by atoms with E-state index in [0.717, 1.165) is 21.3 Å². The molecule has 0 aliphatic rings. The van der Waals surface area contributed by atoms with Crippen LogP contribution in [0.15, 0.2) is 65.1 Å². The molecule has 6 nitrogen and oxygen atoms in total. The third kappa shape index (κ3) is 3.32. The summed E-state index contributed by atoms with van der Waals surface area (Å²) in [6, 6.07) is 14.1. The van der Waals surface area contributed by atoms with E-state index in [0.29, 0.717) is 5.82 Å². The zero-order valence-corrected chi connectivity index (χ0v) is 16.6. The Balaban J connectivity index is 1.84. The first kappa shape index (κ1) is 18.4. The van der Waals surface area contributed by atoms with Crippen LogP contribution in [0.2, 0.25) is 0 Å². The lowest BCUT2D eigenvalue weighted by atomic mass is 10.1. The maximum absolute atomic E-state index is 12.2. The lowest BCUT2D eigenvalue weighted by Gasteiger charge is -2.11. The van der Waals surface area contributed by atoms with Crippen molar-refractivity contribution in [1.82, 2.24) is 9.97 Å². The highest BCUT2D eigenvalue weighted by Gasteiger charge is 2.17. The molecule has 0 bridgehead atoms. The summed E-state index contributed by atoms with van der Waals surface area (Å²) in [5, 5.41) is 16.2. The van der Waals surface area contributed by atoms with E-state index >= 15 is 0 Å². The molecule has 8 heteroatoms. The Morgan fingerprint density at radius 2 is 1.89 bits per heavy atom. The van der Waals surface area contributed by atoms with Gasteiger partial charge in [-0.15, -0.1) is 11.3 Å². The number of thiophene rings is 1. The Hall–Kier alpha value is -2.97. The van der Waals surface area contributed by atoms with E-state index < -0.39 is 9.84 Å². The van der Waals surface area contributed by atoms with E-state index in [1.165, 1.54) is 35.9 Å². The molecule has 0 saturated heterocycles. The van der Waals surface area contributed by atoms with E-state index in [1.807, 2.05) is 35.7 Å². The van der Waals surface area contributed by atoms with Gasteiger partial charge in [0.15, 0.2) is 9.84 Å². The average molecular weight is 412 g/mol. The summed E-state index contributed by atoms with van der Waals surface area (Å²) in [6.45, 7) is 1.58. The number of sulfone groups is 1. The fourth-order valence-electron chi connectivity index (χ4n) is 2.90. The topological polar surface area (TPSA) is 92.2 Å². The van der Waals surface area contributed by atoms with E-state index in [9.17, 15) is 13.5 Å². The molecule has 0 unspecified atom stereocenters. The van der Waals surface area contributed by atoms with Gasteiger partial charge in [-0.05, 0) is 23.8 Å². The van der Waals surface area contributed by atoms with Crippen molar-refractivity contribution in [2.24, 2.45) is 0 Å². The minimum absolute atomic E-state index is 0.0162. The number of phenolic OH excluding ortho intramolecular Hbond substituents is 1. The van der Waals surface area contributed by atoms with Gasteiger partial charge in [0.1, 0.15) is 22.7 Å². The number of phenols is 1. The first-order valence-corrected chi connectivity index (χ1v) is 11.1. The third-order valence-electron chi connectivity index (χ3n) is 4.42. The van der Waals surface area contributed by atoms with Gasteiger partial charge in [0, 0.05) is 10.9 Å². The summed E-state index contributed by atoms with van der Waals surface area (Å²) in [5.41, 5.74) is 2.28. The first-order chi connectivity index (χ1) is 13.5. The van der Waals surface area contributed by atoms with Gasteiger partial charge in [-0.25, -0.2) is 18.4 Å². The molecule has 0 aliphatic heterocycles. The molecule has 0 aliphatic carbocycles. The van der Waals surface area contributed by atoms with Gasteiger partial charge in [-0.1, -0.05) is 37.3 Å². The minimum Gasteiger partial charge on any atom is -0.506 e. The van der Waals surface area contributed by atoms with Crippen molar-refractivity contribution in [2.75, 3.05) is 11.1 Å². The summed E-state index contributed by atoms with van der Waals surface area (Å²) >= 11 is 1.50. The van der Waals surface area contributed by atoms with Crippen LogP contribution < -0.4 is 5.32 Å². The molecule has 4 aromatic rings. The summed E-state index contributed by atoms with van der Waals surface area (Å²) in [4.78, 5) is 9.62. The number of fused-ring (bicyclic) bond motifs is 1. The van der Waals surface area contributed by atoms with Crippen molar-refractivity contribution in [2.45, 2.75) is 11.8 Å². The van der Waals surface area contributed by atoms with Crippen LogP contribution in [0, 0.1) is 0 Å². The van der Waals surface area contributed by atoms with Gasteiger partial charge in [0.05, 0.1) is 21.7 Å². The Kier molecular flexibility index (Phi) is 4.74. The zero-order chi connectivity index (χ0) is 19.7. The van der Waals surface area contributed by atoms with Crippen LogP contribution in [0.3, 0.4) is 0 Å². The number of hydrogen-bond donors (Lipinski definition) is 2. The van der Waals surface area contributed by atoms with Gasteiger partial charge in [-0.3, -0.25) is 0 Å². The molecular formula is C20H17N3O3S2. The van der Waals surface area contributed by atoms with Crippen molar-refractivity contribution < 1.29 is 13.5 Å². The maximum Gasteiger partial charge on any atom is 0.178 e. The molecule has 0 atom stereocenters. The lowest BCUT2D eigenvalue weighted by molar-refractivity contribution is 0.477. The molecule has 0 radical (unpaired) electrons. The molecule has 142 valence electrons. The van der Waals surface area contributed by atoms with E-state index in [2.05, 4.69) is 15.3 Å². The molecule has 0 fully saturated rings. The van der Waals surface area contributed by atoms with Gasteiger partial charge in [0.25, 0.3) is 0 Å². The average Bonchev–Trinajstić information content (AvgIpc) is 3.15. The van der Waals surface area contributed by atoms with E-state index in [1.54, 1.807) is 6.92 Å². The van der Waals surface area contributed by atoms with Crippen LogP contribution in [0.25, 0.3) is 21.3 Å². The highest BCUT2D eigenvalue weighted by Crippen LogP contribution is 2.38. The molecule has 2 aromatic heterocycles. The fourth-order valence-corrected chi connectivity index (χ4v) is 4.73. The van der Waals surface area contributed by atoms with Crippen molar-refractivity contribution in [1.29, 1.82) is 0 Å². The number of aromatic nitrogens is 2. The van der Waals surface area contributed by atoms with Crippen LogP contribution >= 0.6 is 11.3 Å². The third-order valence-corrected chi connectivity index (χ3v) is 7.03. The van der Waals surface area contributed by atoms with Crippen molar-refractivity contribution in [3.63, 3.8) is 0 Å². The summed E-state index contributed by atoms with van der Waals surface area (Å²) < 4.78 is 24.4. The van der Waals surface area contributed by atoms with E-state index in [-0.39, 0.29) is 22.1 Å². The Morgan fingerprint density at radius 3 is 2.64 bits per heavy atom. The maximum atomic E-state index is 12.2. The number of anilines is 2. The van der Waals surface area contributed by atoms with E-state index in [4.69, 9.17) is 0 Å². The smallest absolute Gasteiger partial charge is 0.178 e. The minimum atomic E-state index is -3.39. The number of benzene rings is 2. The molecular weight excluding hydrogens is 394 g/mol. The van der Waals surface area contributed by atoms with Crippen LogP contribution in [0.4, 0.5) is 11.5 Å². The number of rotatable bonds is 5. The quantitative estimate of drug-likeness (QED) is 0.466. The molecule has 0 saturated carbocycles. The molecule has 0 spiro atoms. The SMILES string of the molecule is CCS(=O)(=O)c1ccc(O)c(Nc2ncnc3scc(-c4ccccc4)c23)c1. The molecule has 28 heavy (non-hydrogen) atoms. The second kappa shape index (κ2) is 7.21. The summed E-state index contributed by atoms with van der Waals surface area (Å²) in [6.07, 6.45) is 1.44. The molecule has 2 heterocycles. The number of aromatic hydroxyl groups is 1. The van der Waals surface area contributed by atoms with Crippen molar-refractivity contribution in [3.8, 4) is 16.9 Å². The highest BCUT2D eigenvalue weighted by atomic mass is 32.2. The van der Waals surface area contributed by atoms with Gasteiger partial charge >= 0.3 is 0 Å². The summed E-state index contributed by atoms with van der Waals surface area (Å²) in [5.74, 6) is 0.433. The highest BCUT2D eigenvalue weighted by molar-refractivity contribution is 7.91. The monoisotopic (exact) mass is 411 g/mol. The number of nitrogens with zero attached hydrogens (tertiary/aromatic N) is 2. The Labute approximate surface area is 166 Å². The molecule has 4 rings (SSSR count). The van der Waals surface area contributed by atoms with Crippen LogP contribution in [0.1, 0.15) is 6.92 Å². The molecule has 0 amide bonds. The zero-order valence-electron chi connectivity index (χ0n) is 15.0. The van der Waals surface area contributed by atoms with Crippen molar-refractivity contribution in [3.05, 3.63) is 60.2 Å². The van der Waals surface area contributed by atoms with Crippen LogP contribution in [-0.2, 0) is 9.84 Å². The number of hydrogen-bond acceptors (Lipinski definition) is 7. The van der Waals surface area contributed by atoms with Crippen molar-refractivity contribution >= 4 is 42.9 Å². The van der Waals surface area contributed by atoms with Crippen LogP contribution in [-0.4, -0.2) is 29.2 Å². The van der Waals surface area contributed by atoms with Gasteiger partial charge < -0.3 is 10.4 Å². The molecule has 2 aromatic carbocycles. The fraction of sp³-hybridized carbons (Fsp3) is 0.100. The second-order valence-corrected chi connectivity index (χ2v) is 9.26. The standard InChI is InChI=1S/C20H17N3O3S2/c1-2-28(25,26)14-8-9-17(24)16(10-14)23-19-18-15(13-6-4-3-5-7-13)11-27-20(18)22-12-21-19/h3-12,24H,2H2,1H3,(H,21,22,23). The predicted molar refractivity (Wildman–Crippen MR) is 112 cm³/mol.